The molecule has 2 rings (SSSR count). The van der Waals surface area contributed by atoms with Crippen molar-refractivity contribution in [3.63, 3.8) is 0 Å². The second-order valence-corrected chi connectivity index (χ2v) is 5.40. The SMILES string of the molecule is CCCNc1cccc(NCC2CCCC(O)C2)n1. The second-order valence-electron chi connectivity index (χ2n) is 5.40. The maximum absolute atomic E-state index is 9.66. The quantitative estimate of drug-likeness (QED) is 0.738. The van der Waals surface area contributed by atoms with Gasteiger partial charge in [-0.25, -0.2) is 4.98 Å². The fourth-order valence-corrected chi connectivity index (χ4v) is 2.58. The summed E-state index contributed by atoms with van der Waals surface area (Å²) in [6, 6.07) is 6.00. The van der Waals surface area contributed by atoms with Gasteiger partial charge in [0.05, 0.1) is 6.10 Å². The number of aliphatic hydroxyl groups excluding tert-OH is 1. The number of hydrogen-bond acceptors (Lipinski definition) is 4. The molecular weight excluding hydrogens is 238 g/mol. The number of rotatable bonds is 6. The van der Waals surface area contributed by atoms with Gasteiger partial charge >= 0.3 is 0 Å². The van der Waals surface area contributed by atoms with Gasteiger partial charge in [-0.3, -0.25) is 0 Å². The van der Waals surface area contributed by atoms with E-state index in [1.807, 2.05) is 18.2 Å². The molecule has 0 spiro atoms. The highest BCUT2D eigenvalue weighted by Crippen LogP contribution is 2.24. The molecule has 1 aromatic rings. The number of aromatic nitrogens is 1. The summed E-state index contributed by atoms with van der Waals surface area (Å²) in [5.41, 5.74) is 0. The van der Waals surface area contributed by atoms with Gasteiger partial charge in [-0.1, -0.05) is 19.4 Å². The van der Waals surface area contributed by atoms with Gasteiger partial charge in [-0.05, 0) is 43.7 Å². The Kier molecular flexibility index (Phi) is 5.45. The molecule has 0 bridgehead atoms. The van der Waals surface area contributed by atoms with E-state index in [1.54, 1.807) is 0 Å². The normalized spacial score (nSPS) is 23.1. The maximum Gasteiger partial charge on any atom is 0.128 e. The first-order valence-corrected chi connectivity index (χ1v) is 7.40. The average molecular weight is 263 g/mol. The highest BCUT2D eigenvalue weighted by Gasteiger charge is 2.19. The number of anilines is 2. The number of nitrogens with zero attached hydrogens (tertiary/aromatic N) is 1. The Hall–Kier alpha value is -1.29. The van der Waals surface area contributed by atoms with Crippen LogP contribution in [0.15, 0.2) is 18.2 Å². The largest absolute Gasteiger partial charge is 0.393 e. The number of nitrogens with one attached hydrogen (secondary N) is 2. The minimum absolute atomic E-state index is 0.105. The Morgan fingerprint density at radius 3 is 2.79 bits per heavy atom. The van der Waals surface area contributed by atoms with Crippen molar-refractivity contribution in [3.8, 4) is 0 Å². The molecule has 19 heavy (non-hydrogen) atoms. The molecule has 2 atom stereocenters. The predicted octanol–water partition coefficient (Wildman–Crippen LogP) is 2.87. The fraction of sp³-hybridized carbons (Fsp3) is 0.667. The molecule has 0 aliphatic heterocycles. The summed E-state index contributed by atoms with van der Waals surface area (Å²) >= 11 is 0. The maximum atomic E-state index is 9.66. The third-order valence-electron chi connectivity index (χ3n) is 3.63. The first-order chi connectivity index (χ1) is 9.28. The van der Waals surface area contributed by atoms with Crippen LogP contribution in [0.5, 0.6) is 0 Å². The molecule has 0 saturated heterocycles. The topological polar surface area (TPSA) is 57.2 Å². The zero-order chi connectivity index (χ0) is 13.5. The second kappa shape index (κ2) is 7.34. The van der Waals surface area contributed by atoms with Crippen LogP contribution >= 0.6 is 0 Å². The van der Waals surface area contributed by atoms with E-state index in [0.717, 1.165) is 50.4 Å². The van der Waals surface area contributed by atoms with Gasteiger partial charge in [0.15, 0.2) is 0 Å². The zero-order valence-electron chi connectivity index (χ0n) is 11.7. The predicted molar refractivity (Wildman–Crippen MR) is 79.5 cm³/mol. The average Bonchev–Trinajstić information content (AvgIpc) is 2.43. The van der Waals surface area contributed by atoms with Gasteiger partial charge < -0.3 is 15.7 Å². The molecule has 1 saturated carbocycles. The van der Waals surface area contributed by atoms with Crippen LogP contribution in [0.25, 0.3) is 0 Å². The molecule has 1 heterocycles. The van der Waals surface area contributed by atoms with Gasteiger partial charge in [0.25, 0.3) is 0 Å². The Bertz CT molecular complexity index is 383. The van der Waals surface area contributed by atoms with Crippen LogP contribution < -0.4 is 10.6 Å². The fourth-order valence-electron chi connectivity index (χ4n) is 2.58. The molecule has 4 nitrogen and oxygen atoms in total. The van der Waals surface area contributed by atoms with Crippen molar-refractivity contribution in [2.45, 2.75) is 45.1 Å². The number of aliphatic hydroxyl groups is 1. The Labute approximate surface area is 115 Å². The molecule has 1 aromatic heterocycles. The van der Waals surface area contributed by atoms with Crippen LogP contribution in [0.1, 0.15) is 39.0 Å². The van der Waals surface area contributed by atoms with Gasteiger partial charge in [-0.15, -0.1) is 0 Å². The van der Waals surface area contributed by atoms with Crippen molar-refractivity contribution in [1.29, 1.82) is 0 Å². The lowest BCUT2D eigenvalue weighted by atomic mass is 9.87. The van der Waals surface area contributed by atoms with E-state index in [2.05, 4.69) is 22.5 Å². The summed E-state index contributed by atoms with van der Waals surface area (Å²) in [5, 5.41) is 16.3. The van der Waals surface area contributed by atoms with Crippen LogP contribution in [-0.2, 0) is 0 Å². The lowest BCUT2D eigenvalue weighted by Gasteiger charge is -2.26. The molecule has 2 unspecified atom stereocenters. The minimum Gasteiger partial charge on any atom is -0.393 e. The molecule has 1 fully saturated rings. The molecule has 4 heteroatoms. The Morgan fingerprint density at radius 1 is 1.26 bits per heavy atom. The number of hydrogen-bond donors (Lipinski definition) is 3. The molecule has 0 aromatic carbocycles. The van der Waals surface area contributed by atoms with Crippen LogP contribution in [0.4, 0.5) is 11.6 Å². The monoisotopic (exact) mass is 263 g/mol. The van der Waals surface area contributed by atoms with E-state index >= 15 is 0 Å². The van der Waals surface area contributed by atoms with E-state index in [9.17, 15) is 5.11 Å². The van der Waals surface area contributed by atoms with Crippen molar-refractivity contribution >= 4 is 11.6 Å². The summed E-state index contributed by atoms with van der Waals surface area (Å²) in [7, 11) is 0. The summed E-state index contributed by atoms with van der Waals surface area (Å²) in [4.78, 5) is 4.53. The van der Waals surface area contributed by atoms with Crippen molar-refractivity contribution in [2.75, 3.05) is 23.7 Å². The van der Waals surface area contributed by atoms with E-state index in [4.69, 9.17) is 0 Å². The molecule has 1 aliphatic carbocycles. The molecule has 0 radical (unpaired) electrons. The molecule has 106 valence electrons. The molecule has 1 aliphatic rings. The standard InChI is InChI=1S/C15H25N3O/c1-2-9-16-14-7-4-8-15(18-14)17-11-12-5-3-6-13(19)10-12/h4,7-8,12-13,19H,2-3,5-6,9-11H2,1H3,(H2,16,17,18). The highest BCUT2D eigenvalue weighted by molar-refractivity contribution is 5.45. The van der Waals surface area contributed by atoms with Gasteiger partial charge in [0, 0.05) is 13.1 Å². The summed E-state index contributed by atoms with van der Waals surface area (Å²) in [5.74, 6) is 2.41. The number of pyridine rings is 1. The van der Waals surface area contributed by atoms with Crippen molar-refractivity contribution in [2.24, 2.45) is 5.92 Å². The van der Waals surface area contributed by atoms with Crippen LogP contribution in [0, 0.1) is 5.92 Å². The van der Waals surface area contributed by atoms with Gasteiger partial charge in [-0.2, -0.15) is 0 Å². The van der Waals surface area contributed by atoms with Crippen molar-refractivity contribution in [1.82, 2.24) is 4.98 Å². The minimum atomic E-state index is -0.105. The van der Waals surface area contributed by atoms with E-state index < -0.39 is 0 Å². The third-order valence-corrected chi connectivity index (χ3v) is 3.63. The summed E-state index contributed by atoms with van der Waals surface area (Å²) in [6.07, 6.45) is 5.22. The lowest BCUT2D eigenvalue weighted by molar-refractivity contribution is 0.104. The zero-order valence-corrected chi connectivity index (χ0v) is 11.7. The summed E-state index contributed by atoms with van der Waals surface area (Å²) < 4.78 is 0. The molecular formula is C15H25N3O. The Balaban J connectivity index is 1.81. The van der Waals surface area contributed by atoms with Crippen LogP contribution in [0.2, 0.25) is 0 Å². The lowest BCUT2D eigenvalue weighted by Crippen LogP contribution is -2.25. The van der Waals surface area contributed by atoms with Crippen molar-refractivity contribution in [3.05, 3.63) is 18.2 Å². The van der Waals surface area contributed by atoms with Crippen LogP contribution in [-0.4, -0.2) is 29.3 Å². The molecule has 0 amide bonds. The first-order valence-electron chi connectivity index (χ1n) is 7.40. The smallest absolute Gasteiger partial charge is 0.128 e. The Morgan fingerprint density at radius 2 is 2.05 bits per heavy atom. The van der Waals surface area contributed by atoms with E-state index in [-0.39, 0.29) is 6.10 Å². The van der Waals surface area contributed by atoms with E-state index in [0.29, 0.717) is 5.92 Å². The highest BCUT2D eigenvalue weighted by atomic mass is 16.3. The van der Waals surface area contributed by atoms with E-state index in [1.165, 1.54) is 6.42 Å². The molecule has 3 N–H and O–H groups in total. The van der Waals surface area contributed by atoms with Crippen LogP contribution in [0.3, 0.4) is 0 Å². The van der Waals surface area contributed by atoms with Gasteiger partial charge in [0.2, 0.25) is 0 Å². The van der Waals surface area contributed by atoms with Crippen molar-refractivity contribution < 1.29 is 5.11 Å². The third kappa shape index (κ3) is 4.71. The summed E-state index contributed by atoms with van der Waals surface area (Å²) in [6.45, 7) is 4.00. The van der Waals surface area contributed by atoms with Gasteiger partial charge in [0.1, 0.15) is 11.6 Å². The first kappa shape index (κ1) is 14.1.